The molecule has 5 heteroatoms. The van der Waals surface area contributed by atoms with Crippen LogP contribution in [0, 0.1) is 0 Å². The predicted molar refractivity (Wildman–Crippen MR) is 52.9 cm³/mol. The molecule has 0 saturated carbocycles. The summed E-state index contributed by atoms with van der Waals surface area (Å²) in [6.07, 6.45) is 1.41. The van der Waals surface area contributed by atoms with Crippen LogP contribution in [0.1, 0.15) is 10.4 Å². The molecule has 0 aromatic carbocycles. The highest BCUT2D eigenvalue weighted by molar-refractivity contribution is 5.88. The van der Waals surface area contributed by atoms with Crippen molar-refractivity contribution >= 4 is 5.97 Å². The smallest absolute Gasteiger partial charge is 0.339 e. The van der Waals surface area contributed by atoms with Gasteiger partial charge in [-0.1, -0.05) is 0 Å². The summed E-state index contributed by atoms with van der Waals surface area (Å²) in [6, 6.07) is 3.21. The fraction of sp³-hybridized carbons (Fsp3) is 0.400. The van der Waals surface area contributed by atoms with Gasteiger partial charge in [0.1, 0.15) is 6.61 Å². The standard InChI is InChI=1S/C10H13NO4/c1-13-5-6-15-9-4-3-8(7-11-9)10(12)14-2/h3-4,7H,5-6H2,1-2H3. The van der Waals surface area contributed by atoms with Crippen molar-refractivity contribution in [2.75, 3.05) is 27.4 Å². The number of carbonyl (C=O) groups excluding carboxylic acids is 1. The van der Waals surface area contributed by atoms with Gasteiger partial charge in [-0.25, -0.2) is 9.78 Å². The molecule has 0 fully saturated rings. The van der Waals surface area contributed by atoms with Crippen molar-refractivity contribution in [1.82, 2.24) is 4.98 Å². The molecular weight excluding hydrogens is 198 g/mol. The summed E-state index contributed by atoms with van der Waals surface area (Å²) in [5.41, 5.74) is 0.400. The van der Waals surface area contributed by atoms with Gasteiger partial charge < -0.3 is 14.2 Å². The van der Waals surface area contributed by atoms with E-state index in [2.05, 4.69) is 9.72 Å². The molecule has 1 aromatic rings. The SMILES string of the molecule is COCCOc1ccc(C(=O)OC)cn1. The summed E-state index contributed by atoms with van der Waals surface area (Å²) in [6.45, 7) is 0.932. The molecule has 0 amide bonds. The summed E-state index contributed by atoms with van der Waals surface area (Å²) < 4.78 is 14.6. The number of rotatable bonds is 5. The number of carbonyl (C=O) groups is 1. The second kappa shape index (κ2) is 5.98. The maximum atomic E-state index is 11.1. The van der Waals surface area contributed by atoms with Gasteiger partial charge >= 0.3 is 5.97 Å². The molecule has 0 N–H and O–H groups in total. The zero-order valence-electron chi connectivity index (χ0n) is 8.73. The number of methoxy groups -OCH3 is 2. The van der Waals surface area contributed by atoms with Crippen molar-refractivity contribution in [2.45, 2.75) is 0 Å². The maximum absolute atomic E-state index is 11.1. The van der Waals surface area contributed by atoms with Gasteiger partial charge in [0.05, 0.1) is 19.3 Å². The third-order valence-corrected chi connectivity index (χ3v) is 1.69. The van der Waals surface area contributed by atoms with Crippen LogP contribution in [-0.2, 0) is 9.47 Å². The minimum atomic E-state index is -0.411. The van der Waals surface area contributed by atoms with Gasteiger partial charge in [0.2, 0.25) is 5.88 Å². The van der Waals surface area contributed by atoms with Crippen LogP contribution in [0.4, 0.5) is 0 Å². The molecular formula is C10H13NO4. The second-order valence-electron chi connectivity index (χ2n) is 2.72. The lowest BCUT2D eigenvalue weighted by Gasteiger charge is -2.04. The van der Waals surface area contributed by atoms with Crippen LogP contribution in [0.2, 0.25) is 0 Å². The van der Waals surface area contributed by atoms with Crippen molar-refractivity contribution in [2.24, 2.45) is 0 Å². The molecule has 0 spiro atoms. The van der Waals surface area contributed by atoms with Gasteiger partial charge in [-0.05, 0) is 6.07 Å². The van der Waals surface area contributed by atoms with Crippen molar-refractivity contribution in [3.63, 3.8) is 0 Å². The van der Waals surface area contributed by atoms with Crippen LogP contribution in [0.5, 0.6) is 5.88 Å². The number of ether oxygens (including phenoxy) is 3. The van der Waals surface area contributed by atoms with E-state index < -0.39 is 5.97 Å². The number of nitrogens with zero attached hydrogens (tertiary/aromatic N) is 1. The highest BCUT2D eigenvalue weighted by Gasteiger charge is 2.05. The predicted octanol–water partition coefficient (Wildman–Crippen LogP) is 0.893. The average molecular weight is 211 g/mol. The number of aromatic nitrogens is 1. The molecule has 0 aliphatic carbocycles. The molecule has 1 aromatic heterocycles. The fourth-order valence-corrected chi connectivity index (χ4v) is 0.934. The van der Waals surface area contributed by atoms with E-state index in [-0.39, 0.29) is 0 Å². The number of hydrogen-bond donors (Lipinski definition) is 0. The molecule has 1 rings (SSSR count). The van der Waals surface area contributed by atoms with E-state index in [0.717, 1.165) is 0 Å². The Hall–Kier alpha value is -1.62. The molecule has 0 aliphatic heterocycles. The first-order chi connectivity index (χ1) is 7.27. The molecule has 82 valence electrons. The van der Waals surface area contributed by atoms with Crippen molar-refractivity contribution in [1.29, 1.82) is 0 Å². The van der Waals surface area contributed by atoms with Gasteiger partial charge in [-0.2, -0.15) is 0 Å². The third kappa shape index (κ3) is 3.55. The molecule has 0 bridgehead atoms. The molecule has 0 aliphatic rings. The lowest BCUT2D eigenvalue weighted by Crippen LogP contribution is -2.06. The maximum Gasteiger partial charge on any atom is 0.339 e. The van der Waals surface area contributed by atoms with E-state index in [0.29, 0.717) is 24.7 Å². The average Bonchev–Trinajstić information content (AvgIpc) is 2.29. The van der Waals surface area contributed by atoms with E-state index in [1.54, 1.807) is 19.2 Å². The van der Waals surface area contributed by atoms with Crippen LogP contribution in [0.3, 0.4) is 0 Å². The van der Waals surface area contributed by atoms with Gasteiger partial charge in [0.25, 0.3) is 0 Å². The van der Waals surface area contributed by atoms with E-state index >= 15 is 0 Å². The Morgan fingerprint density at radius 1 is 1.33 bits per heavy atom. The Morgan fingerprint density at radius 3 is 2.67 bits per heavy atom. The van der Waals surface area contributed by atoms with Crippen LogP contribution in [0.25, 0.3) is 0 Å². The van der Waals surface area contributed by atoms with Gasteiger partial charge in [0.15, 0.2) is 0 Å². The Kier molecular flexibility index (Phi) is 4.56. The Bertz CT molecular complexity index is 310. The molecule has 0 saturated heterocycles. The third-order valence-electron chi connectivity index (χ3n) is 1.69. The van der Waals surface area contributed by atoms with Crippen molar-refractivity contribution in [3.05, 3.63) is 23.9 Å². The highest BCUT2D eigenvalue weighted by atomic mass is 16.5. The lowest BCUT2D eigenvalue weighted by molar-refractivity contribution is 0.0600. The van der Waals surface area contributed by atoms with E-state index in [1.807, 2.05) is 0 Å². The van der Waals surface area contributed by atoms with Crippen LogP contribution in [0.15, 0.2) is 18.3 Å². The van der Waals surface area contributed by atoms with E-state index in [4.69, 9.17) is 9.47 Å². The number of hydrogen-bond acceptors (Lipinski definition) is 5. The quantitative estimate of drug-likeness (QED) is 0.534. The summed E-state index contributed by atoms with van der Waals surface area (Å²) in [7, 11) is 2.92. The zero-order chi connectivity index (χ0) is 11.1. The van der Waals surface area contributed by atoms with Crippen LogP contribution >= 0.6 is 0 Å². The Balaban J connectivity index is 2.52. The molecule has 0 atom stereocenters. The largest absolute Gasteiger partial charge is 0.475 e. The minimum absolute atomic E-state index is 0.400. The first-order valence-corrected chi connectivity index (χ1v) is 4.44. The van der Waals surface area contributed by atoms with Crippen molar-refractivity contribution in [3.8, 4) is 5.88 Å². The molecule has 0 unspecified atom stereocenters. The minimum Gasteiger partial charge on any atom is -0.475 e. The molecule has 0 radical (unpaired) electrons. The molecule has 1 heterocycles. The number of pyridine rings is 1. The van der Waals surface area contributed by atoms with Crippen LogP contribution in [-0.4, -0.2) is 38.4 Å². The Labute approximate surface area is 88.0 Å². The van der Waals surface area contributed by atoms with E-state index in [9.17, 15) is 4.79 Å². The molecule has 5 nitrogen and oxygen atoms in total. The summed E-state index contributed by atoms with van der Waals surface area (Å²) in [4.78, 5) is 15.0. The fourth-order valence-electron chi connectivity index (χ4n) is 0.934. The van der Waals surface area contributed by atoms with E-state index in [1.165, 1.54) is 13.3 Å². The van der Waals surface area contributed by atoms with Gasteiger partial charge in [0, 0.05) is 19.4 Å². The van der Waals surface area contributed by atoms with Crippen molar-refractivity contribution < 1.29 is 19.0 Å². The number of esters is 1. The molecule has 15 heavy (non-hydrogen) atoms. The summed E-state index contributed by atoms with van der Waals surface area (Å²) >= 11 is 0. The highest BCUT2D eigenvalue weighted by Crippen LogP contribution is 2.08. The monoisotopic (exact) mass is 211 g/mol. The Morgan fingerprint density at radius 2 is 2.13 bits per heavy atom. The summed E-state index contributed by atoms with van der Waals surface area (Å²) in [5, 5.41) is 0. The normalized spacial score (nSPS) is 9.73. The second-order valence-corrected chi connectivity index (χ2v) is 2.72. The lowest BCUT2D eigenvalue weighted by atomic mass is 10.3. The van der Waals surface area contributed by atoms with Crippen LogP contribution < -0.4 is 4.74 Å². The first kappa shape index (κ1) is 11.5. The zero-order valence-corrected chi connectivity index (χ0v) is 8.73. The summed E-state index contributed by atoms with van der Waals surface area (Å²) in [5.74, 6) is 0.0469. The van der Waals surface area contributed by atoms with Gasteiger partial charge in [-0.15, -0.1) is 0 Å². The topological polar surface area (TPSA) is 57.7 Å². The van der Waals surface area contributed by atoms with Gasteiger partial charge in [-0.3, -0.25) is 0 Å². The first-order valence-electron chi connectivity index (χ1n) is 4.44.